The molecule has 2 aromatic carbocycles. The largest absolute Gasteiger partial charge is 0.373 e. The summed E-state index contributed by atoms with van der Waals surface area (Å²) in [7, 11) is 0. The van der Waals surface area contributed by atoms with Gasteiger partial charge in [0.05, 0.1) is 25.4 Å². The number of rotatable bonds is 6. The zero-order valence-corrected chi connectivity index (χ0v) is 17.8. The molecule has 30 heavy (non-hydrogen) atoms. The molecule has 2 aliphatic heterocycles. The molecule has 4 bridgehead atoms. The minimum Gasteiger partial charge on any atom is -0.373 e. The van der Waals surface area contributed by atoms with E-state index in [1.165, 1.54) is 49.7 Å². The predicted molar refractivity (Wildman–Crippen MR) is 118 cm³/mol. The van der Waals surface area contributed by atoms with Crippen LogP contribution in [0.5, 0.6) is 0 Å². The van der Waals surface area contributed by atoms with Crippen LogP contribution in [0, 0.1) is 11.8 Å². The van der Waals surface area contributed by atoms with Crippen molar-refractivity contribution in [2.45, 2.75) is 74.4 Å². The second-order valence-electron chi connectivity index (χ2n) is 11.2. The van der Waals surface area contributed by atoms with Gasteiger partial charge >= 0.3 is 0 Å². The average Bonchev–Trinajstić information content (AvgIpc) is 3.65. The molecule has 2 heteroatoms. The Morgan fingerprint density at radius 3 is 1.40 bits per heavy atom. The van der Waals surface area contributed by atoms with Crippen LogP contribution >= 0.6 is 0 Å². The van der Waals surface area contributed by atoms with Gasteiger partial charge in [-0.1, -0.05) is 48.5 Å². The van der Waals surface area contributed by atoms with Crippen molar-refractivity contribution < 1.29 is 9.47 Å². The Morgan fingerprint density at radius 2 is 1.03 bits per heavy atom. The number of benzene rings is 2. The molecular formula is C28H32O2. The molecule has 2 heterocycles. The maximum atomic E-state index is 5.43. The van der Waals surface area contributed by atoms with Crippen LogP contribution in [0.3, 0.4) is 0 Å². The summed E-state index contributed by atoms with van der Waals surface area (Å²) >= 11 is 0. The highest BCUT2D eigenvalue weighted by Crippen LogP contribution is 2.66. The number of epoxide rings is 2. The molecule has 2 aromatic rings. The summed E-state index contributed by atoms with van der Waals surface area (Å²) in [4.78, 5) is 0. The molecule has 2 unspecified atom stereocenters. The molecule has 2 atom stereocenters. The van der Waals surface area contributed by atoms with Crippen LogP contribution in [-0.2, 0) is 33.1 Å². The lowest BCUT2D eigenvalue weighted by atomic mass is 9.41. The third-order valence-corrected chi connectivity index (χ3v) is 8.93. The minimum atomic E-state index is 0.402. The lowest BCUT2D eigenvalue weighted by molar-refractivity contribution is -0.0281. The first kappa shape index (κ1) is 18.0. The summed E-state index contributed by atoms with van der Waals surface area (Å²) in [5.74, 6) is 1.82. The molecule has 8 rings (SSSR count). The van der Waals surface area contributed by atoms with Crippen LogP contribution in [-0.4, -0.2) is 25.4 Å². The van der Waals surface area contributed by atoms with Gasteiger partial charge in [-0.25, -0.2) is 0 Å². The normalized spacial score (nSPS) is 40.5. The molecule has 0 N–H and O–H groups in total. The molecule has 4 aliphatic carbocycles. The van der Waals surface area contributed by atoms with Crippen LogP contribution in [0.15, 0.2) is 48.5 Å². The van der Waals surface area contributed by atoms with Crippen LogP contribution in [0.2, 0.25) is 0 Å². The molecule has 2 saturated heterocycles. The smallest absolute Gasteiger partial charge is 0.0850 e. The zero-order valence-electron chi connectivity index (χ0n) is 17.8. The van der Waals surface area contributed by atoms with Crippen molar-refractivity contribution in [1.29, 1.82) is 0 Å². The molecule has 2 nitrogen and oxygen atoms in total. The highest BCUT2D eigenvalue weighted by Gasteiger charge is 2.58. The van der Waals surface area contributed by atoms with E-state index in [0.29, 0.717) is 23.0 Å². The quantitative estimate of drug-likeness (QED) is 0.610. The Balaban J connectivity index is 1.19. The molecule has 0 aromatic heterocycles. The Hall–Kier alpha value is -1.64. The van der Waals surface area contributed by atoms with Crippen LogP contribution in [0.4, 0.5) is 0 Å². The molecular weight excluding hydrogens is 368 g/mol. The SMILES string of the molecule is c1cc(C23CC4CC(C2)CC(c2ccc(CC5CO5)cc2)(C4)C3)ccc1CC1CO1. The fourth-order valence-corrected chi connectivity index (χ4v) is 7.82. The summed E-state index contributed by atoms with van der Waals surface area (Å²) in [5, 5.41) is 0. The molecule has 156 valence electrons. The van der Waals surface area contributed by atoms with E-state index < -0.39 is 0 Å². The van der Waals surface area contributed by atoms with Crippen molar-refractivity contribution >= 4 is 0 Å². The van der Waals surface area contributed by atoms with Gasteiger partial charge in [0.25, 0.3) is 0 Å². The van der Waals surface area contributed by atoms with E-state index in [9.17, 15) is 0 Å². The van der Waals surface area contributed by atoms with Gasteiger partial charge < -0.3 is 9.47 Å². The van der Waals surface area contributed by atoms with Gasteiger partial charge in [0.15, 0.2) is 0 Å². The number of hydrogen-bond acceptors (Lipinski definition) is 2. The van der Waals surface area contributed by atoms with Crippen molar-refractivity contribution in [3.8, 4) is 0 Å². The average molecular weight is 401 g/mol. The summed E-state index contributed by atoms with van der Waals surface area (Å²) in [6, 6.07) is 19.4. The van der Waals surface area contributed by atoms with Gasteiger partial charge in [-0.05, 0) is 83.4 Å². The minimum absolute atomic E-state index is 0.402. The van der Waals surface area contributed by atoms with Gasteiger partial charge in [0.2, 0.25) is 0 Å². The van der Waals surface area contributed by atoms with Crippen LogP contribution < -0.4 is 0 Å². The summed E-state index contributed by atoms with van der Waals surface area (Å²) in [5.41, 5.74) is 6.91. The van der Waals surface area contributed by atoms with Crippen molar-refractivity contribution in [3.05, 3.63) is 70.8 Å². The Bertz CT molecular complexity index is 846. The monoisotopic (exact) mass is 400 g/mol. The first-order valence-corrected chi connectivity index (χ1v) is 12.1. The third-order valence-electron chi connectivity index (χ3n) is 8.93. The summed E-state index contributed by atoms with van der Waals surface area (Å²) in [6.45, 7) is 1.90. The summed E-state index contributed by atoms with van der Waals surface area (Å²) < 4.78 is 10.9. The molecule has 4 saturated carbocycles. The van der Waals surface area contributed by atoms with E-state index >= 15 is 0 Å². The van der Waals surface area contributed by atoms with E-state index in [1.54, 1.807) is 11.1 Å². The molecule has 6 aliphatic rings. The number of ether oxygens (including phenoxy) is 2. The van der Waals surface area contributed by atoms with E-state index in [-0.39, 0.29) is 0 Å². The molecule has 0 spiro atoms. The standard InChI is InChI=1S/C28H32O2/c1-5-23(6-2-19(1)10-25-16-29-25)27-12-21-9-22(13-27)15-28(14-21,18-27)24-7-3-20(4-8-24)11-26-17-30-26/h1-8,21-22,25-26H,9-18H2. The first-order chi connectivity index (χ1) is 14.7. The Labute approximate surface area is 180 Å². The van der Waals surface area contributed by atoms with E-state index in [1.807, 2.05) is 0 Å². The van der Waals surface area contributed by atoms with Gasteiger partial charge in [-0.15, -0.1) is 0 Å². The van der Waals surface area contributed by atoms with Crippen molar-refractivity contribution in [2.24, 2.45) is 11.8 Å². The van der Waals surface area contributed by atoms with E-state index in [0.717, 1.165) is 37.9 Å². The second-order valence-corrected chi connectivity index (χ2v) is 11.2. The topological polar surface area (TPSA) is 25.1 Å². The fraction of sp³-hybridized carbons (Fsp3) is 0.571. The lowest BCUT2D eigenvalue weighted by Gasteiger charge is -2.63. The van der Waals surface area contributed by atoms with Crippen molar-refractivity contribution in [1.82, 2.24) is 0 Å². The molecule has 0 amide bonds. The van der Waals surface area contributed by atoms with Gasteiger partial charge in [-0.3, -0.25) is 0 Å². The maximum absolute atomic E-state index is 5.43. The highest BCUT2D eigenvalue weighted by molar-refractivity contribution is 5.39. The lowest BCUT2D eigenvalue weighted by Crippen LogP contribution is -2.55. The maximum Gasteiger partial charge on any atom is 0.0850 e. The van der Waals surface area contributed by atoms with E-state index in [4.69, 9.17) is 9.47 Å². The highest BCUT2D eigenvalue weighted by atomic mass is 16.6. The summed E-state index contributed by atoms with van der Waals surface area (Å²) in [6.07, 6.45) is 11.6. The zero-order chi connectivity index (χ0) is 19.8. The number of hydrogen-bond donors (Lipinski definition) is 0. The van der Waals surface area contributed by atoms with Crippen molar-refractivity contribution in [2.75, 3.05) is 13.2 Å². The fourth-order valence-electron chi connectivity index (χ4n) is 7.82. The van der Waals surface area contributed by atoms with Crippen LogP contribution in [0.1, 0.15) is 60.8 Å². The molecule has 0 radical (unpaired) electrons. The second kappa shape index (κ2) is 6.43. The predicted octanol–water partition coefficient (Wildman–Crippen LogP) is 5.36. The van der Waals surface area contributed by atoms with Gasteiger partial charge in [0.1, 0.15) is 0 Å². The first-order valence-electron chi connectivity index (χ1n) is 12.1. The third kappa shape index (κ3) is 3.07. The van der Waals surface area contributed by atoms with Gasteiger partial charge in [-0.2, -0.15) is 0 Å². The van der Waals surface area contributed by atoms with E-state index in [2.05, 4.69) is 48.5 Å². The Morgan fingerprint density at radius 1 is 0.633 bits per heavy atom. The van der Waals surface area contributed by atoms with Crippen molar-refractivity contribution in [3.63, 3.8) is 0 Å². The Kier molecular flexibility index (Phi) is 3.86. The van der Waals surface area contributed by atoms with Gasteiger partial charge in [0, 0.05) is 12.8 Å². The molecule has 6 fully saturated rings. The van der Waals surface area contributed by atoms with Crippen LogP contribution in [0.25, 0.3) is 0 Å².